The number of morpholine rings is 1. The number of nitrogens with one attached hydrogen (secondary N) is 1. The highest BCUT2D eigenvalue weighted by Gasteiger charge is 2.36. The standard InChI is InChI=1S/C18H25FN2O3/c19-14-4-1-3-13(11-14)12-17(22)20-15-5-2-6-16(18(15)23)21-7-9-24-10-8-21/h1,3-4,11,15-16,18,23H,2,5-10,12H2,(H,20,22)/t15-,16-,18-/m1/s1. The minimum Gasteiger partial charge on any atom is -0.389 e. The van der Waals surface area contributed by atoms with E-state index < -0.39 is 6.10 Å². The molecule has 0 bridgehead atoms. The van der Waals surface area contributed by atoms with Crippen LogP contribution in [0.15, 0.2) is 24.3 Å². The van der Waals surface area contributed by atoms with Gasteiger partial charge in [-0.25, -0.2) is 4.39 Å². The summed E-state index contributed by atoms with van der Waals surface area (Å²) in [6.45, 7) is 3.04. The maximum atomic E-state index is 13.2. The van der Waals surface area contributed by atoms with Crippen molar-refractivity contribution in [2.45, 2.75) is 43.9 Å². The normalized spacial score (nSPS) is 28.5. The first-order chi connectivity index (χ1) is 11.6. The largest absolute Gasteiger partial charge is 0.389 e. The van der Waals surface area contributed by atoms with Crippen LogP contribution < -0.4 is 5.32 Å². The summed E-state index contributed by atoms with van der Waals surface area (Å²) in [7, 11) is 0. The van der Waals surface area contributed by atoms with Crippen molar-refractivity contribution in [3.8, 4) is 0 Å². The third kappa shape index (κ3) is 4.32. The molecule has 1 aromatic carbocycles. The fourth-order valence-electron chi connectivity index (χ4n) is 3.71. The molecule has 2 fully saturated rings. The van der Waals surface area contributed by atoms with Crippen molar-refractivity contribution in [2.75, 3.05) is 26.3 Å². The van der Waals surface area contributed by atoms with Gasteiger partial charge in [0.05, 0.1) is 31.8 Å². The van der Waals surface area contributed by atoms with Crippen LogP contribution in [-0.2, 0) is 16.0 Å². The Labute approximate surface area is 141 Å². The number of amides is 1. The maximum absolute atomic E-state index is 13.2. The van der Waals surface area contributed by atoms with Crippen LogP contribution in [-0.4, -0.2) is 60.4 Å². The van der Waals surface area contributed by atoms with Gasteiger partial charge in [-0.1, -0.05) is 12.1 Å². The summed E-state index contributed by atoms with van der Waals surface area (Å²) in [5.74, 6) is -0.516. The Kier molecular flexibility index (Phi) is 5.81. The Morgan fingerprint density at radius 1 is 1.33 bits per heavy atom. The average Bonchev–Trinajstić information content (AvgIpc) is 2.57. The number of aliphatic hydroxyl groups is 1. The Morgan fingerprint density at radius 3 is 2.88 bits per heavy atom. The lowest BCUT2D eigenvalue weighted by Gasteiger charge is -2.43. The van der Waals surface area contributed by atoms with E-state index in [1.807, 2.05) is 0 Å². The summed E-state index contributed by atoms with van der Waals surface area (Å²) in [5.41, 5.74) is 0.641. The number of nitrogens with zero attached hydrogens (tertiary/aromatic N) is 1. The van der Waals surface area contributed by atoms with Gasteiger partial charge >= 0.3 is 0 Å². The fraction of sp³-hybridized carbons (Fsp3) is 0.611. The summed E-state index contributed by atoms with van der Waals surface area (Å²) in [6.07, 6.45) is 2.25. The maximum Gasteiger partial charge on any atom is 0.224 e. The fourth-order valence-corrected chi connectivity index (χ4v) is 3.71. The molecule has 2 N–H and O–H groups in total. The van der Waals surface area contributed by atoms with E-state index in [4.69, 9.17) is 4.74 Å². The van der Waals surface area contributed by atoms with Crippen molar-refractivity contribution < 1.29 is 19.0 Å². The predicted molar refractivity (Wildman–Crippen MR) is 88.1 cm³/mol. The van der Waals surface area contributed by atoms with Gasteiger partial charge in [-0.3, -0.25) is 9.69 Å². The quantitative estimate of drug-likeness (QED) is 0.864. The Balaban J connectivity index is 1.56. The third-order valence-corrected chi connectivity index (χ3v) is 4.94. The molecule has 1 saturated heterocycles. The van der Waals surface area contributed by atoms with Crippen molar-refractivity contribution in [2.24, 2.45) is 0 Å². The van der Waals surface area contributed by atoms with Gasteiger partial charge < -0.3 is 15.2 Å². The highest BCUT2D eigenvalue weighted by molar-refractivity contribution is 5.78. The SMILES string of the molecule is O=C(Cc1cccc(F)c1)N[C@@H]1CCC[C@@H](N2CCOCC2)[C@@H]1O. The zero-order valence-electron chi connectivity index (χ0n) is 13.8. The second-order valence-corrected chi connectivity index (χ2v) is 6.62. The van der Waals surface area contributed by atoms with Gasteiger partial charge in [0, 0.05) is 19.1 Å². The molecule has 3 atom stereocenters. The van der Waals surface area contributed by atoms with Crippen LogP contribution >= 0.6 is 0 Å². The lowest BCUT2D eigenvalue weighted by atomic mass is 9.86. The molecule has 132 valence electrons. The van der Waals surface area contributed by atoms with Gasteiger partial charge in [0.25, 0.3) is 0 Å². The molecule has 5 nitrogen and oxygen atoms in total. The van der Waals surface area contributed by atoms with Gasteiger partial charge in [-0.15, -0.1) is 0 Å². The topological polar surface area (TPSA) is 61.8 Å². The molecule has 1 amide bonds. The molecule has 1 saturated carbocycles. The van der Waals surface area contributed by atoms with E-state index in [0.29, 0.717) is 18.8 Å². The minimum atomic E-state index is -0.576. The number of ether oxygens (including phenoxy) is 1. The number of benzene rings is 1. The van der Waals surface area contributed by atoms with E-state index in [2.05, 4.69) is 10.2 Å². The van der Waals surface area contributed by atoms with Crippen LogP contribution in [0.4, 0.5) is 4.39 Å². The van der Waals surface area contributed by atoms with Crippen LogP contribution in [0.2, 0.25) is 0 Å². The lowest BCUT2D eigenvalue weighted by Crippen LogP contribution is -2.58. The van der Waals surface area contributed by atoms with Crippen LogP contribution in [0.3, 0.4) is 0 Å². The number of carbonyl (C=O) groups excluding carboxylic acids is 1. The first kappa shape index (κ1) is 17.3. The van der Waals surface area contributed by atoms with Crippen molar-refractivity contribution in [3.63, 3.8) is 0 Å². The summed E-state index contributed by atoms with van der Waals surface area (Å²) in [4.78, 5) is 14.5. The minimum absolute atomic E-state index is 0.0714. The summed E-state index contributed by atoms with van der Waals surface area (Å²) < 4.78 is 18.6. The van der Waals surface area contributed by atoms with Crippen LogP contribution in [0, 0.1) is 5.82 Å². The first-order valence-corrected chi connectivity index (χ1v) is 8.67. The molecule has 0 aromatic heterocycles. The number of halogens is 1. The molecule has 2 aliphatic rings. The highest BCUT2D eigenvalue weighted by Crippen LogP contribution is 2.24. The molecule has 3 rings (SSSR count). The smallest absolute Gasteiger partial charge is 0.224 e. The Bertz CT molecular complexity index is 563. The number of aliphatic hydroxyl groups excluding tert-OH is 1. The second kappa shape index (κ2) is 8.05. The summed E-state index contributed by atoms with van der Waals surface area (Å²) >= 11 is 0. The van der Waals surface area contributed by atoms with Gasteiger partial charge in [0.2, 0.25) is 5.91 Å². The number of rotatable bonds is 4. The van der Waals surface area contributed by atoms with Gasteiger partial charge in [-0.05, 0) is 37.0 Å². The van der Waals surface area contributed by atoms with Crippen molar-refractivity contribution in [3.05, 3.63) is 35.6 Å². The monoisotopic (exact) mass is 336 g/mol. The third-order valence-electron chi connectivity index (χ3n) is 4.94. The van der Waals surface area contributed by atoms with Crippen LogP contribution in [0.1, 0.15) is 24.8 Å². The van der Waals surface area contributed by atoms with E-state index in [1.54, 1.807) is 12.1 Å². The molecule has 6 heteroatoms. The van der Waals surface area contributed by atoms with E-state index in [1.165, 1.54) is 12.1 Å². The van der Waals surface area contributed by atoms with E-state index in [0.717, 1.165) is 32.4 Å². The highest BCUT2D eigenvalue weighted by atomic mass is 19.1. The summed E-state index contributed by atoms with van der Waals surface area (Å²) in [6, 6.07) is 5.89. The summed E-state index contributed by atoms with van der Waals surface area (Å²) in [5, 5.41) is 13.6. The van der Waals surface area contributed by atoms with E-state index in [-0.39, 0.29) is 30.2 Å². The van der Waals surface area contributed by atoms with Crippen molar-refractivity contribution >= 4 is 5.91 Å². The molecule has 1 aromatic rings. The first-order valence-electron chi connectivity index (χ1n) is 8.67. The molecular weight excluding hydrogens is 311 g/mol. The Morgan fingerprint density at radius 2 is 2.12 bits per heavy atom. The zero-order valence-corrected chi connectivity index (χ0v) is 13.8. The molecule has 0 unspecified atom stereocenters. The number of hydrogen-bond acceptors (Lipinski definition) is 4. The van der Waals surface area contributed by atoms with Crippen molar-refractivity contribution in [1.82, 2.24) is 10.2 Å². The molecule has 1 heterocycles. The number of carbonyl (C=O) groups is 1. The molecule has 0 radical (unpaired) electrons. The Hall–Kier alpha value is -1.50. The van der Waals surface area contributed by atoms with Gasteiger partial charge in [0.1, 0.15) is 5.82 Å². The second-order valence-electron chi connectivity index (χ2n) is 6.62. The van der Waals surface area contributed by atoms with Gasteiger partial charge in [-0.2, -0.15) is 0 Å². The average molecular weight is 336 g/mol. The van der Waals surface area contributed by atoms with E-state index in [9.17, 15) is 14.3 Å². The zero-order chi connectivity index (χ0) is 16.9. The van der Waals surface area contributed by atoms with Crippen LogP contribution in [0.25, 0.3) is 0 Å². The molecule has 1 aliphatic heterocycles. The molecule has 24 heavy (non-hydrogen) atoms. The van der Waals surface area contributed by atoms with Crippen LogP contribution in [0.5, 0.6) is 0 Å². The predicted octanol–water partition coefficient (Wildman–Crippen LogP) is 1.10. The molecular formula is C18H25FN2O3. The van der Waals surface area contributed by atoms with Crippen molar-refractivity contribution in [1.29, 1.82) is 0 Å². The van der Waals surface area contributed by atoms with E-state index >= 15 is 0 Å². The lowest BCUT2D eigenvalue weighted by molar-refractivity contribution is -0.123. The number of hydrogen-bond donors (Lipinski definition) is 2. The van der Waals surface area contributed by atoms with Gasteiger partial charge in [0.15, 0.2) is 0 Å². The molecule has 0 spiro atoms. The molecule has 1 aliphatic carbocycles.